The Morgan fingerprint density at radius 1 is 1.21 bits per heavy atom. The number of amides is 1. The zero-order chi connectivity index (χ0) is 27.0. The number of ether oxygens (including phenoxy) is 3. The first kappa shape index (κ1) is 26.3. The molecule has 2 aliphatic rings. The minimum atomic E-state index is -0.666. The predicted octanol–water partition coefficient (Wildman–Crippen LogP) is 6.06. The number of carbonyl (C=O) groups is 1. The third-order valence-corrected chi connectivity index (χ3v) is 7.05. The molecule has 2 fully saturated rings. The first-order valence-corrected chi connectivity index (χ1v) is 13.4. The van der Waals surface area contributed by atoms with Crippen molar-refractivity contribution in [3.05, 3.63) is 41.8 Å². The number of fused-ring (bicyclic) bond motifs is 1. The normalized spacial score (nSPS) is 18.4. The first-order chi connectivity index (χ1) is 18.1. The van der Waals surface area contributed by atoms with E-state index in [9.17, 15) is 14.3 Å². The fourth-order valence-electron chi connectivity index (χ4n) is 5.06. The molecule has 3 heterocycles. The maximum Gasteiger partial charge on any atom is 0.410 e. The van der Waals surface area contributed by atoms with Crippen molar-refractivity contribution in [1.82, 2.24) is 14.7 Å². The first-order valence-electron chi connectivity index (χ1n) is 13.4. The Morgan fingerprint density at radius 3 is 2.68 bits per heavy atom. The molecular weight excluding hydrogens is 489 g/mol. The van der Waals surface area contributed by atoms with E-state index < -0.39 is 11.4 Å². The van der Waals surface area contributed by atoms with Crippen LogP contribution in [0.4, 0.5) is 9.18 Å². The summed E-state index contributed by atoms with van der Waals surface area (Å²) >= 11 is 0. The van der Waals surface area contributed by atoms with Crippen molar-refractivity contribution >= 4 is 17.0 Å². The molecule has 9 heteroatoms. The topological polar surface area (TPSA) is 86.0 Å². The third kappa shape index (κ3) is 5.43. The average molecular weight is 526 g/mol. The number of phenolic OH excluding ortho intramolecular Hbond substituents is 1. The molecule has 2 saturated heterocycles. The van der Waals surface area contributed by atoms with Gasteiger partial charge in [0.25, 0.3) is 0 Å². The van der Waals surface area contributed by atoms with Gasteiger partial charge in [-0.2, -0.15) is 5.10 Å². The summed E-state index contributed by atoms with van der Waals surface area (Å²) < 4.78 is 34.1. The van der Waals surface area contributed by atoms with Crippen LogP contribution in [0.15, 0.2) is 30.5 Å². The molecule has 1 N–H and O–H groups in total. The smallest absolute Gasteiger partial charge is 0.410 e. The van der Waals surface area contributed by atoms with E-state index in [4.69, 9.17) is 14.2 Å². The Hall–Kier alpha value is -3.33. The molecule has 1 unspecified atom stereocenters. The van der Waals surface area contributed by atoms with Crippen LogP contribution in [0.3, 0.4) is 0 Å². The minimum Gasteiger partial charge on any atom is -0.505 e. The van der Waals surface area contributed by atoms with E-state index in [1.165, 1.54) is 12.1 Å². The second kappa shape index (κ2) is 10.4. The van der Waals surface area contributed by atoms with E-state index in [2.05, 4.69) is 5.10 Å². The van der Waals surface area contributed by atoms with Crippen LogP contribution in [-0.2, 0) is 15.9 Å². The second-order valence-electron chi connectivity index (χ2n) is 11.2. The van der Waals surface area contributed by atoms with E-state index in [1.807, 2.05) is 44.5 Å². The van der Waals surface area contributed by atoms with Gasteiger partial charge in [0.2, 0.25) is 0 Å². The number of hydrogen-bond donors (Lipinski definition) is 1. The second-order valence-corrected chi connectivity index (χ2v) is 11.2. The Balaban J connectivity index is 1.43. The number of nitrogens with zero attached hydrogens (tertiary/aromatic N) is 3. The lowest BCUT2D eigenvalue weighted by molar-refractivity contribution is -0.0366. The van der Waals surface area contributed by atoms with Gasteiger partial charge in [-0.25, -0.2) is 13.9 Å². The van der Waals surface area contributed by atoms with Crippen LogP contribution in [-0.4, -0.2) is 57.8 Å². The van der Waals surface area contributed by atoms with E-state index >= 15 is 0 Å². The van der Waals surface area contributed by atoms with Crippen molar-refractivity contribution in [3.8, 4) is 22.6 Å². The SMILES string of the molecule is CCc1cc(O)c(F)cc1-c1cc(OCC2CN(C(=O)OC(C)(C)C)C2)c2cnn(C3CCCCO3)c2c1. The Kier molecular flexibility index (Phi) is 7.22. The van der Waals surface area contributed by atoms with Crippen LogP contribution >= 0.6 is 0 Å². The van der Waals surface area contributed by atoms with Gasteiger partial charge in [0.1, 0.15) is 11.4 Å². The number of aromatic hydroxyl groups is 1. The lowest BCUT2D eigenvalue weighted by Crippen LogP contribution is -2.53. The van der Waals surface area contributed by atoms with Gasteiger partial charge < -0.3 is 24.2 Å². The lowest BCUT2D eigenvalue weighted by atomic mass is 9.96. The minimum absolute atomic E-state index is 0.166. The fourth-order valence-corrected chi connectivity index (χ4v) is 5.06. The molecule has 0 bridgehead atoms. The summed E-state index contributed by atoms with van der Waals surface area (Å²) in [4.78, 5) is 14.0. The monoisotopic (exact) mass is 525 g/mol. The number of phenols is 1. The van der Waals surface area contributed by atoms with Gasteiger partial charge in [-0.3, -0.25) is 0 Å². The van der Waals surface area contributed by atoms with Crippen LogP contribution in [0, 0.1) is 11.7 Å². The van der Waals surface area contributed by atoms with Gasteiger partial charge in [-0.15, -0.1) is 0 Å². The molecule has 0 aliphatic carbocycles. The lowest BCUT2D eigenvalue weighted by Gasteiger charge is -2.39. The number of rotatable bonds is 6. The van der Waals surface area contributed by atoms with E-state index in [0.717, 1.165) is 41.3 Å². The van der Waals surface area contributed by atoms with E-state index in [0.29, 0.717) is 44.0 Å². The van der Waals surface area contributed by atoms with Crippen molar-refractivity contribution in [2.24, 2.45) is 5.92 Å². The van der Waals surface area contributed by atoms with Gasteiger partial charge in [-0.05, 0) is 87.4 Å². The molecule has 0 saturated carbocycles. The van der Waals surface area contributed by atoms with Crippen LogP contribution in [0.2, 0.25) is 0 Å². The Labute approximate surface area is 222 Å². The Bertz CT molecular complexity index is 1320. The number of benzene rings is 2. The third-order valence-electron chi connectivity index (χ3n) is 7.05. The Morgan fingerprint density at radius 2 is 2.00 bits per heavy atom. The zero-order valence-electron chi connectivity index (χ0n) is 22.5. The predicted molar refractivity (Wildman–Crippen MR) is 142 cm³/mol. The molecule has 3 aromatic rings. The maximum atomic E-state index is 14.5. The summed E-state index contributed by atoms with van der Waals surface area (Å²) in [6.45, 7) is 9.77. The molecule has 1 amide bonds. The van der Waals surface area contributed by atoms with Crippen molar-refractivity contribution in [2.75, 3.05) is 26.3 Å². The van der Waals surface area contributed by atoms with Crippen LogP contribution in [0.1, 0.15) is 58.7 Å². The molecule has 204 valence electrons. The zero-order valence-corrected chi connectivity index (χ0v) is 22.5. The number of likely N-dealkylation sites (tertiary alicyclic amines) is 1. The highest BCUT2D eigenvalue weighted by Gasteiger charge is 2.34. The summed E-state index contributed by atoms with van der Waals surface area (Å²) in [5.74, 6) is -0.204. The van der Waals surface area contributed by atoms with Crippen molar-refractivity contribution in [3.63, 3.8) is 0 Å². The quantitative estimate of drug-likeness (QED) is 0.421. The molecule has 38 heavy (non-hydrogen) atoms. The van der Waals surface area contributed by atoms with Crippen molar-refractivity contribution in [2.45, 2.75) is 65.2 Å². The van der Waals surface area contributed by atoms with Crippen LogP contribution in [0.25, 0.3) is 22.0 Å². The summed E-state index contributed by atoms with van der Waals surface area (Å²) in [5.41, 5.74) is 2.64. The fraction of sp³-hybridized carbons (Fsp3) is 0.517. The van der Waals surface area contributed by atoms with Gasteiger partial charge in [0, 0.05) is 25.6 Å². The largest absolute Gasteiger partial charge is 0.505 e. The van der Waals surface area contributed by atoms with Crippen LogP contribution < -0.4 is 4.74 Å². The number of hydrogen-bond acceptors (Lipinski definition) is 6. The van der Waals surface area contributed by atoms with Gasteiger partial charge >= 0.3 is 6.09 Å². The molecular formula is C29H36FN3O5. The number of carbonyl (C=O) groups excluding carboxylic acids is 1. The molecule has 1 atom stereocenters. The molecule has 2 aromatic carbocycles. The molecule has 1 aromatic heterocycles. The number of halogens is 1. The van der Waals surface area contributed by atoms with Gasteiger partial charge in [-0.1, -0.05) is 6.92 Å². The highest BCUT2D eigenvalue weighted by atomic mass is 19.1. The summed E-state index contributed by atoms with van der Waals surface area (Å²) in [5, 5.41) is 15.4. The summed E-state index contributed by atoms with van der Waals surface area (Å²) in [6.07, 6.45) is 4.91. The highest BCUT2D eigenvalue weighted by molar-refractivity contribution is 5.91. The van der Waals surface area contributed by atoms with Crippen LogP contribution in [0.5, 0.6) is 11.5 Å². The summed E-state index contributed by atoms with van der Waals surface area (Å²) in [6, 6.07) is 6.76. The average Bonchev–Trinajstić information content (AvgIpc) is 3.28. The van der Waals surface area contributed by atoms with E-state index in [1.54, 1.807) is 11.1 Å². The van der Waals surface area contributed by atoms with Gasteiger partial charge in [0.05, 0.1) is 23.7 Å². The molecule has 2 aliphatic heterocycles. The van der Waals surface area contributed by atoms with Crippen molar-refractivity contribution < 1.29 is 28.5 Å². The molecule has 8 nitrogen and oxygen atoms in total. The highest BCUT2D eigenvalue weighted by Crippen LogP contribution is 2.38. The van der Waals surface area contributed by atoms with Crippen molar-refractivity contribution in [1.29, 1.82) is 0 Å². The molecule has 0 radical (unpaired) electrons. The van der Waals surface area contributed by atoms with E-state index in [-0.39, 0.29) is 24.0 Å². The summed E-state index contributed by atoms with van der Waals surface area (Å²) in [7, 11) is 0. The van der Waals surface area contributed by atoms with Gasteiger partial charge in [0.15, 0.2) is 17.8 Å². The molecule has 5 rings (SSSR count). The standard InChI is InChI=1S/C29H36FN3O5/c1-5-19-11-25(34)23(30)13-21(19)20-10-24-22(14-31-33(24)27-8-6-7-9-36-27)26(12-20)37-17-18-15-32(16-18)28(35)38-29(2,3)4/h10-14,18,27,34H,5-9,15-17H2,1-4H3. The number of aromatic nitrogens is 2. The maximum absolute atomic E-state index is 14.5. The molecule has 0 spiro atoms. The number of aryl methyl sites for hydroxylation is 1.